The summed E-state index contributed by atoms with van der Waals surface area (Å²) in [5.74, 6) is -0.461. The third-order valence-electron chi connectivity index (χ3n) is 4.94. The van der Waals surface area contributed by atoms with Gasteiger partial charge in [-0.25, -0.2) is 4.79 Å². The van der Waals surface area contributed by atoms with Crippen LogP contribution in [0, 0.1) is 18.3 Å². The monoisotopic (exact) mass is 345 g/mol. The summed E-state index contributed by atoms with van der Waals surface area (Å²) in [6.45, 7) is 12.1. The summed E-state index contributed by atoms with van der Waals surface area (Å²) in [6.07, 6.45) is 0. The number of hydrogen-bond acceptors (Lipinski definition) is 3. The highest BCUT2D eigenvalue weighted by Crippen LogP contribution is 2.31. The summed E-state index contributed by atoms with van der Waals surface area (Å²) in [5.41, 5.74) is 2.08. The smallest absolute Gasteiger partial charge is 0.326 e. The van der Waals surface area contributed by atoms with E-state index in [4.69, 9.17) is 0 Å². The second kappa shape index (κ2) is 6.86. The lowest BCUT2D eigenvalue weighted by atomic mass is 9.81. The Bertz CT molecular complexity index is 706. The molecule has 1 saturated heterocycles. The molecule has 1 aliphatic rings. The van der Waals surface area contributed by atoms with Gasteiger partial charge in [-0.15, -0.1) is 0 Å². The van der Waals surface area contributed by atoms with Gasteiger partial charge in [0.1, 0.15) is 0 Å². The lowest BCUT2D eigenvalue weighted by Crippen LogP contribution is -2.35. The molecule has 1 aliphatic heterocycles. The molecular weight excluding hydrogens is 318 g/mol. The van der Waals surface area contributed by atoms with Crippen molar-refractivity contribution in [3.05, 3.63) is 23.8 Å². The van der Waals surface area contributed by atoms with E-state index in [2.05, 4.69) is 5.32 Å². The third-order valence-corrected chi connectivity index (χ3v) is 4.94. The highest BCUT2D eigenvalue weighted by atomic mass is 16.2. The van der Waals surface area contributed by atoms with Crippen molar-refractivity contribution >= 4 is 29.2 Å². The van der Waals surface area contributed by atoms with E-state index in [1.807, 2.05) is 52.8 Å². The molecule has 1 fully saturated rings. The molecule has 0 radical (unpaired) electrons. The molecule has 136 valence electrons. The summed E-state index contributed by atoms with van der Waals surface area (Å²) < 4.78 is 0. The van der Waals surface area contributed by atoms with E-state index in [1.54, 1.807) is 4.90 Å². The zero-order chi connectivity index (χ0) is 18.9. The van der Waals surface area contributed by atoms with Crippen LogP contribution in [0.15, 0.2) is 18.2 Å². The summed E-state index contributed by atoms with van der Waals surface area (Å²) in [7, 11) is 0. The van der Waals surface area contributed by atoms with Crippen LogP contribution in [0.4, 0.5) is 16.2 Å². The fourth-order valence-corrected chi connectivity index (χ4v) is 2.74. The second-order valence-electron chi connectivity index (χ2n) is 7.63. The maximum absolute atomic E-state index is 12.5. The fourth-order valence-electron chi connectivity index (χ4n) is 2.74. The van der Waals surface area contributed by atoms with Gasteiger partial charge >= 0.3 is 6.03 Å². The van der Waals surface area contributed by atoms with Gasteiger partial charge in [0, 0.05) is 31.6 Å². The number of benzene rings is 1. The molecule has 6 nitrogen and oxygen atoms in total. The van der Waals surface area contributed by atoms with Gasteiger partial charge in [-0.3, -0.25) is 19.4 Å². The summed E-state index contributed by atoms with van der Waals surface area (Å²) in [6, 6.07) is 5.15. The molecule has 25 heavy (non-hydrogen) atoms. The molecule has 0 bridgehead atoms. The molecule has 1 N–H and O–H groups in total. The van der Waals surface area contributed by atoms with Gasteiger partial charge in [-0.1, -0.05) is 33.8 Å². The zero-order valence-electron chi connectivity index (χ0n) is 15.8. The van der Waals surface area contributed by atoms with Crippen LogP contribution in [0.25, 0.3) is 0 Å². The number of nitrogens with one attached hydrogen (secondary N) is 1. The summed E-state index contributed by atoms with van der Waals surface area (Å²) in [5, 5.41) is 2.97. The molecule has 1 unspecified atom stereocenters. The molecule has 6 heteroatoms. The number of amides is 4. The quantitative estimate of drug-likeness (QED) is 0.913. The van der Waals surface area contributed by atoms with Gasteiger partial charge in [0.25, 0.3) is 0 Å². The zero-order valence-corrected chi connectivity index (χ0v) is 15.8. The van der Waals surface area contributed by atoms with Crippen molar-refractivity contribution in [3.63, 3.8) is 0 Å². The van der Waals surface area contributed by atoms with Gasteiger partial charge in [0.05, 0.1) is 5.69 Å². The molecule has 0 saturated carbocycles. The molecule has 4 amide bonds. The van der Waals surface area contributed by atoms with Crippen molar-refractivity contribution in [2.75, 3.05) is 23.3 Å². The number of hydrogen-bond donors (Lipinski definition) is 1. The van der Waals surface area contributed by atoms with E-state index in [0.29, 0.717) is 18.8 Å². The molecule has 0 aromatic heterocycles. The van der Waals surface area contributed by atoms with Crippen LogP contribution in [0.3, 0.4) is 0 Å². The highest BCUT2D eigenvalue weighted by Gasteiger charge is 2.33. The molecule has 1 atom stereocenters. The van der Waals surface area contributed by atoms with Crippen molar-refractivity contribution in [1.29, 1.82) is 0 Å². The van der Waals surface area contributed by atoms with Gasteiger partial charge in [0.2, 0.25) is 11.8 Å². The van der Waals surface area contributed by atoms with Crippen molar-refractivity contribution in [2.45, 2.75) is 41.5 Å². The van der Waals surface area contributed by atoms with Crippen molar-refractivity contribution in [1.82, 2.24) is 4.90 Å². The molecule has 2 rings (SSSR count). The normalized spacial score (nSPS) is 16.2. The first-order chi connectivity index (χ1) is 11.5. The Hall–Kier alpha value is -2.37. The second-order valence-corrected chi connectivity index (χ2v) is 7.63. The van der Waals surface area contributed by atoms with Gasteiger partial charge < -0.3 is 5.32 Å². The fraction of sp³-hybridized carbons (Fsp3) is 0.526. The predicted octanol–water partition coefficient (Wildman–Crippen LogP) is 3.40. The maximum atomic E-state index is 12.5. The number of carbonyl (C=O) groups excluding carboxylic acids is 3. The number of carbonyl (C=O) groups is 3. The first-order valence-electron chi connectivity index (χ1n) is 8.54. The van der Waals surface area contributed by atoms with E-state index in [9.17, 15) is 14.4 Å². The first-order valence-corrected chi connectivity index (χ1v) is 8.54. The van der Waals surface area contributed by atoms with Gasteiger partial charge in [-0.2, -0.15) is 0 Å². The van der Waals surface area contributed by atoms with Crippen LogP contribution in [0.5, 0.6) is 0 Å². The van der Waals surface area contributed by atoms with E-state index >= 15 is 0 Å². The number of anilines is 2. The predicted molar refractivity (Wildman–Crippen MR) is 98.6 cm³/mol. The molecule has 1 aromatic carbocycles. The first kappa shape index (κ1) is 19.0. The van der Waals surface area contributed by atoms with Crippen molar-refractivity contribution < 1.29 is 14.4 Å². The van der Waals surface area contributed by atoms with E-state index < -0.39 is 0 Å². The van der Waals surface area contributed by atoms with Gasteiger partial charge in [-0.05, 0) is 30.0 Å². The minimum absolute atomic E-state index is 0.0501. The minimum atomic E-state index is -0.317. The van der Waals surface area contributed by atoms with Crippen LogP contribution in [0.1, 0.15) is 40.2 Å². The number of nitrogens with zero attached hydrogens (tertiary/aromatic N) is 2. The van der Waals surface area contributed by atoms with E-state index in [-0.39, 0.29) is 29.2 Å². The Kier molecular flexibility index (Phi) is 5.20. The highest BCUT2D eigenvalue weighted by molar-refractivity contribution is 6.05. The Morgan fingerprint density at radius 2 is 1.84 bits per heavy atom. The molecular formula is C19H27N3O3. The van der Waals surface area contributed by atoms with Crippen LogP contribution >= 0.6 is 0 Å². The number of rotatable bonds is 3. The standard InChI is InChI=1S/C19H27N3O3/c1-12-15(20-17(24)13(2)19(4,5)6)8-7-9-16(12)22-11-10-21(14(3)23)18(22)25/h7-9,13H,10-11H2,1-6H3,(H,20,24). The van der Waals surface area contributed by atoms with E-state index in [0.717, 1.165) is 11.3 Å². The lowest BCUT2D eigenvalue weighted by molar-refractivity contribution is -0.125. The maximum Gasteiger partial charge on any atom is 0.331 e. The average Bonchev–Trinajstić information content (AvgIpc) is 2.89. The van der Waals surface area contributed by atoms with Crippen LogP contribution in [-0.2, 0) is 9.59 Å². The third kappa shape index (κ3) is 3.83. The van der Waals surface area contributed by atoms with Crippen molar-refractivity contribution in [2.24, 2.45) is 11.3 Å². The van der Waals surface area contributed by atoms with Crippen LogP contribution in [-0.4, -0.2) is 35.8 Å². The SMILES string of the molecule is CC(=O)N1CCN(c2cccc(NC(=O)C(C)C(C)(C)C)c2C)C1=O. The Morgan fingerprint density at radius 3 is 2.36 bits per heavy atom. The Balaban J connectivity index is 2.25. The average molecular weight is 345 g/mol. The van der Waals surface area contributed by atoms with Crippen LogP contribution in [0.2, 0.25) is 0 Å². The van der Waals surface area contributed by atoms with Crippen LogP contribution < -0.4 is 10.2 Å². The van der Waals surface area contributed by atoms with Gasteiger partial charge in [0.15, 0.2) is 0 Å². The molecule has 0 spiro atoms. The topological polar surface area (TPSA) is 69.7 Å². The van der Waals surface area contributed by atoms with Crippen molar-refractivity contribution in [3.8, 4) is 0 Å². The van der Waals surface area contributed by atoms with E-state index in [1.165, 1.54) is 11.8 Å². The largest absolute Gasteiger partial charge is 0.331 e. The summed E-state index contributed by atoms with van der Waals surface area (Å²) >= 11 is 0. The minimum Gasteiger partial charge on any atom is -0.326 e. The number of urea groups is 1. The Morgan fingerprint density at radius 1 is 1.20 bits per heavy atom. The molecule has 0 aliphatic carbocycles. The number of imide groups is 1. The molecule has 1 aromatic rings. The summed E-state index contributed by atoms with van der Waals surface area (Å²) in [4.78, 5) is 39.3. The molecule has 1 heterocycles. The Labute approximate surface area is 149 Å². The lowest BCUT2D eigenvalue weighted by Gasteiger charge is -2.27.